The Morgan fingerprint density at radius 2 is 2.06 bits per heavy atom. The number of nitrogens with two attached hydrogens (primary N) is 1. The van der Waals surface area contributed by atoms with Crippen molar-refractivity contribution in [2.75, 3.05) is 5.73 Å². The van der Waals surface area contributed by atoms with Crippen LogP contribution in [-0.4, -0.2) is 25.5 Å². The lowest BCUT2D eigenvalue weighted by Crippen LogP contribution is -2.17. The molecule has 3 aromatic rings. The smallest absolute Gasteiger partial charge is 0.297 e. The van der Waals surface area contributed by atoms with Crippen molar-refractivity contribution in [3.63, 3.8) is 0 Å². The van der Waals surface area contributed by atoms with Crippen molar-refractivity contribution in [3.05, 3.63) is 42.2 Å². The highest BCUT2D eigenvalue weighted by Gasteiger charge is 2.17. The monoisotopic (exact) mass is 241 g/mol. The van der Waals surface area contributed by atoms with Gasteiger partial charge in [-0.05, 0) is 18.2 Å². The lowest BCUT2D eigenvalue weighted by Gasteiger charge is -2.02. The molecule has 0 fully saturated rings. The number of anilines is 1. The fraction of sp³-hybridized carbons (Fsp3) is 0.0833. The summed E-state index contributed by atoms with van der Waals surface area (Å²) in [6, 6.07) is 9.00. The maximum absolute atomic E-state index is 12.3. The van der Waals surface area contributed by atoms with Gasteiger partial charge in [-0.1, -0.05) is 12.1 Å². The van der Waals surface area contributed by atoms with E-state index in [2.05, 4.69) is 10.2 Å². The van der Waals surface area contributed by atoms with E-state index in [1.165, 1.54) is 9.36 Å². The summed E-state index contributed by atoms with van der Waals surface area (Å²) in [4.78, 5) is 12.3. The molecule has 1 aromatic carbocycles. The molecule has 0 amide bonds. The third kappa shape index (κ3) is 1.39. The Morgan fingerprint density at radius 3 is 2.78 bits per heavy atom. The highest BCUT2D eigenvalue weighted by atomic mass is 16.2. The summed E-state index contributed by atoms with van der Waals surface area (Å²) in [5, 5.41) is 8.84. The van der Waals surface area contributed by atoms with Crippen molar-refractivity contribution in [1.82, 2.24) is 19.6 Å². The molecule has 0 aliphatic heterocycles. The molecule has 0 saturated carbocycles. The minimum absolute atomic E-state index is 0.247. The molecule has 0 radical (unpaired) electrons. The number of benzene rings is 1. The molecular formula is C12H11N5O. The van der Waals surface area contributed by atoms with Crippen molar-refractivity contribution in [3.8, 4) is 0 Å². The van der Waals surface area contributed by atoms with Crippen molar-refractivity contribution in [2.24, 2.45) is 7.05 Å². The molecule has 2 N–H and O–H groups in total. The standard InChI is InChI=1S/C12H11N5O/c1-16-10(6-7-14-16)12(18)17-9-5-3-2-4-8(9)11(13)15-17/h2-7H,1H3,(H2,13,15). The molecule has 3 rings (SSSR count). The first-order valence-electron chi connectivity index (χ1n) is 5.44. The zero-order valence-corrected chi connectivity index (χ0v) is 9.74. The number of aromatic nitrogens is 4. The van der Waals surface area contributed by atoms with Crippen molar-refractivity contribution >= 4 is 22.6 Å². The van der Waals surface area contributed by atoms with Gasteiger partial charge < -0.3 is 5.73 Å². The minimum Gasteiger partial charge on any atom is -0.382 e. The van der Waals surface area contributed by atoms with Gasteiger partial charge in [-0.3, -0.25) is 9.48 Å². The Morgan fingerprint density at radius 1 is 1.28 bits per heavy atom. The maximum Gasteiger partial charge on any atom is 0.297 e. The number of nitrogen functional groups attached to an aromatic ring is 1. The predicted octanol–water partition coefficient (Wildman–Crippen LogP) is 1.04. The number of nitrogens with zero attached hydrogens (tertiary/aromatic N) is 4. The van der Waals surface area contributed by atoms with E-state index in [0.717, 1.165) is 5.39 Å². The van der Waals surface area contributed by atoms with Gasteiger partial charge in [-0.15, -0.1) is 5.10 Å². The van der Waals surface area contributed by atoms with E-state index in [4.69, 9.17) is 5.73 Å². The number of carbonyl (C=O) groups is 1. The zero-order valence-electron chi connectivity index (χ0n) is 9.74. The average Bonchev–Trinajstić information content (AvgIpc) is 2.94. The van der Waals surface area contributed by atoms with Crippen molar-refractivity contribution in [1.29, 1.82) is 0 Å². The molecule has 0 aliphatic rings. The molecule has 0 aliphatic carbocycles. The van der Waals surface area contributed by atoms with Crippen LogP contribution < -0.4 is 5.73 Å². The fourth-order valence-corrected chi connectivity index (χ4v) is 1.94. The van der Waals surface area contributed by atoms with E-state index in [-0.39, 0.29) is 5.91 Å². The van der Waals surface area contributed by atoms with Crippen molar-refractivity contribution < 1.29 is 4.79 Å². The first kappa shape index (κ1) is 10.5. The van der Waals surface area contributed by atoms with E-state index in [1.54, 1.807) is 19.3 Å². The van der Waals surface area contributed by atoms with Crippen LogP contribution in [0.2, 0.25) is 0 Å². The van der Waals surface area contributed by atoms with Gasteiger partial charge >= 0.3 is 0 Å². The topological polar surface area (TPSA) is 78.7 Å². The molecular weight excluding hydrogens is 230 g/mol. The average molecular weight is 241 g/mol. The second kappa shape index (κ2) is 3.69. The SMILES string of the molecule is Cn1nccc1C(=O)n1nc(N)c2ccccc21. The van der Waals surface area contributed by atoms with Crippen LogP contribution in [0.4, 0.5) is 5.82 Å². The third-order valence-corrected chi connectivity index (χ3v) is 2.85. The van der Waals surface area contributed by atoms with Crippen LogP contribution in [0, 0.1) is 0 Å². The molecule has 2 aromatic heterocycles. The van der Waals surface area contributed by atoms with E-state index < -0.39 is 0 Å². The minimum atomic E-state index is -0.247. The van der Waals surface area contributed by atoms with Crippen LogP contribution in [0.3, 0.4) is 0 Å². The van der Waals surface area contributed by atoms with Crippen LogP contribution in [0.5, 0.6) is 0 Å². The summed E-state index contributed by atoms with van der Waals surface area (Å²) in [6.45, 7) is 0. The number of para-hydroxylation sites is 1. The Balaban J connectivity index is 2.21. The molecule has 90 valence electrons. The quantitative estimate of drug-likeness (QED) is 0.690. The molecule has 0 saturated heterocycles. The maximum atomic E-state index is 12.3. The molecule has 0 spiro atoms. The number of hydrogen-bond acceptors (Lipinski definition) is 4. The van der Waals surface area contributed by atoms with E-state index in [9.17, 15) is 4.79 Å². The predicted molar refractivity (Wildman–Crippen MR) is 67.1 cm³/mol. The van der Waals surface area contributed by atoms with Gasteiger partial charge in [0.25, 0.3) is 5.91 Å². The largest absolute Gasteiger partial charge is 0.382 e. The number of fused-ring (bicyclic) bond motifs is 1. The van der Waals surface area contributed by atoms with Crippen molar-refractivity contribution in [2.45, 2.75) is 0 Å². The summed E-state index contributed by atoms with van der Waals surface area (Å²) in [6.07, 6.45) is 1.57. The Bertz CT molecular complexity index is 740. The number of rotatable bonds is 1. The van der Waals surface area contributed by atoms with Gasteiger partial charge in [0.2, 0.25) is 0 Å². The molecule has 6 nitrogen and oxygen atoms in total. The van der Waals surface area contributed by atoms with Crippen LogP contribution in [0.15, 0.2) is 36.5 Å². The first-order chi connectivity index (χ1) is 8.68. The van der Waals surface area contributed by atoms with Crippen LogP contribution in [-0.2, 0) is 7.05 Å². The normalized spacial score (nSPS) is 10.9. The molecule has 2 heterocycles. The second-order valence-electron chi connectivity index (χ2n) is 3.96. The highest BCUT2D eigenvalue weighted by Crippen LogP contribution is 2.20. The van der Waals surface area contributed by atoms with Gasteiger partial charge in [0, 0.05) is 18.6 Å². The van der Waals surface area contributed by atoms with E-state index in [1.807, 2.05) is 24.3 Å². The van der Waals surface area contributed by atoms with Gasteiger partial charge in [0.15, 0.2) is 5.82 Å². The fourth-order valence-electron chi connectivity index (χ4n) is 1.94. The summed E-state index contributed by atoms with van der Waals surface area (Å²) >= 11 is 0. The van der Waals surface area contributed by atoms with Gasteiger partial charge in [0.1, 0.15) is 5.69 Å². The molecule has 0 unspecified atom stereocenters. The summed E-state index contributed by atoms with van der Waals surface area (Å²) < 4.78 is 2.82. The lowest BCUT2D eigenvalue weighted by molar-refractivity contribution is 0.0941. The highest BCUT2D eigenvalue weighted by molar-refractivity contribution is 6.02. The van der Waals surface area contributed by atoms with Crippen LogP contribution >= 0.6 is 0 Å². The Hall–Kier alpha value is -2.63. The summed E-state index contributed by atoms with van der Waals surface area (Å²) in [5.41, 5.74) is 6.96. The number of aryl methyl sites for hydroxylation is 1. The Labute approximate surface area is 103 Å². The summed E-state index contributed by atoms with van der Waals surface area (Å²) in [7, 11) is 1.71. The Kier molecular flexibility index (Phi) is 2.16. The summed E-state index contributed by atoms with van der Waals surface area (Å²) in [5.74, 6) is 0.101. The molecule has 6 heteroatoms. The van der Waals surface area contributed by atoms with E-state index in [0.29, 0.717) is 17.0 Å². The van der Waals surface area contributed by atoms with Crippen LogP contribution in [0.25, 0.3) is 10.9 Å². The van der Waals surface area contributed by atoms with Crippen LogP contribution in [0.1, 0.15) is 10.5 Å². The first-order valence-corrected chi connectivity index (χ1v) is 5.44. The van der Waals surface area contributed by atoms with Gasteiger partial charge in [-0.25, -0.2) is 0 Å². The van der Waals surface area contributed by atoms with Gasteiger partial charge in [-0.2, -0.15) is 9.78 Å². The molecule has 0 atom stereocenters. The number of hydrogen-bond donors (Lipinski definition) is 1. The zero-order chi connectivity index (χ0) is 12.7. The number of carbonyl (C=O) groups excluding carboxylic acids is 1. The molecule has 0 bridgehead atoms. The lowest BCUT2D eigenvalue weighted by atomic mass is 10.2. The van der Waals surface area contributed by atoms with E-state index >= 15 is 0 Å². The third-order valence-electron chi connectivity index (χ3n) is 2.85. The van der Waals surface area contributed by atoms with Gasteiger partial charge in [0.05, 0.1) is 5.52 Å². The second-order valence-corrected chi connectivity index (χ2v) is 3.96. The molecule has 18 heavy (non-hydrogen) atoms.